The van der Waals surface area contributed by atoms with E-state index < -0.39 is 21.8 Å². The van der Waals surface area contributed by atoms with Crippen molar-refractivity contribution in [2.24, 2.45) is 0 Å². The molecule has 0 N–H and O–H groups in total. The highest BCUT2D eigenvalue weighted by Crippen LogP contribution is 2.46. The number of alkyl halides is 1. The Kier molecular flexibility index (Phi) is 4.26. The van der Waals surface area contributed by atoms with Crippen LogP contribution in [0.15, 0.2) is 42.5 Å². The zero-order valence-corrected chi connectivity index (χ0v) is 14.1. The topological polar surface area (TPSA) is 87.9 Å². The maximum Gasteiger partial charge on any atom is 0.397 e. The van der Waals surface area contributed by atoms with Crippen LogP contribution in [0, 0.1) is 10.1 Å². The predicted molar refractivity (Wildman–Crippen MR) is 89.3 cm³/mol. The first-order valence-electron chi connectivity index (χ1n) is 7.29. The molecule has 0 saturated heterocycles. The Labute approximate surface area is 148 Å². The van der Waals surface area contributed by atoms with Crippen molar-refractivity contribution in [3.05, 3.63) is 63.7 Å². The highest BCUT2D eigenvalue weighted by atomic mass is 35.5. The molecule has 0 unspecified atom stereocenters. The number of nitrogens with zero attached hydrogens (tertiary/aromatic N) is 1. The number of methoxy groups -OCH3 is 2. The molecular formula is C17H14ClNO6. The van der Waals surface area contributed by atoms with Crippen LogP contribution in [-0.2, 0) is 0 Å². The average Bonchev–Trinajstić information content (AvgIpc) is 2.63. The summed E-state index contributed by atoms with van der Waals surface area (Å²) in [6.45, 7) is 0. The fourth-order valence-corrected chi connectivity index (χ4v) is 3.03. The zero-order valence-electron chi connectivity index (χ0n) is 13.4. The number of hydrogen-bond donors (Lipinski definition) is 0. The Morgan fingerprint density at radius 1 is 1.16 bits per heavy atom. The lowest BCUT2D eigenvalue weighted by molar-refractivity contribution is -0.536. The van der Waals surface area contributed by atoms with Crippen molar-refractivity contribution >= 4 is 17.4 Å². The van der Waals surface area contributed by atoms with Gasteiger partial charge in [-0.15, -0.1) is 0 Å². The molecule has 3 rings (SSSR count). The van der Waals surface area contributed by atoms with E-state index in [1.807, 2.05) is 0 Å². The third-order valence-corrected chi connectivity index (χ3v) is 4.53. The molecule has 7 nitrogen and oxygen atoms in total. The van der Waals surface area contributed by atoms with Crippen LogP contribution in [0.2, 0.25) is 0 Å². The fraction of sp³-hybridized carbons (Fsp3) is 0.235. The first kappa shape index (κ1) is 17.0. The summed E-state index contributed by atoms with van der Waals surface area (Å²) in [5.41, 5.74) is 0.401. The summed E-state index contributed by atoms with van der Waals surface area (Å²) in [5.74, 6) is 0.207. The Morgan fingerprint density at radius 2 is 1.84 bits per heavy atom. The Morgan fingerprint density at radius 3 is 2.48 bits per heavy atom. The van der Waals surface area contributed by atoms with Crippen molar-refractivity contribution < 1.29 is 23.9 Å². The van der Waals surface area contributed by atoms with E-state index in [4.69, 9.17) is 25.8 Å². The van der Waals surface area contributed by atoms with E-state index in [9.17, 15) is 14.9 Å². The number of ether oxygens (including phenoxy) is 3. The number of rotatable bonds is 4. The molecule has 0 fully saturated rings. The minimum absolute atomic E-state index is 0.0749. The number of carbonyl (C=O) groups is 1. The number of para-hydroxylation sites is 1. The standard InChI is InChI=1S/C17H14ClNO6/c1-23-13-8-7-10(9-14(13)24-2)16-17(18,19(21)22)15(20)11-5-3-4-6-12(11)25-16/h3-9,16H,1-2H3/t16-,17+/m1/s1. The van der Waals surface area contributed by atoms with Crippen LogP contribution in [-0.4, -0.2) is 29.9 Å². The molecule has 1 heterocycles. The van der Waals surface area contributed by atoms with E-state index >= 15 is 0 Å². The zero-order chi connectivity index (χ0) is 18.2. The molecule has 2 aromatic carbocycles. The van der Waals surface area contributed by atoms with Crippen molar-refractivity contribution in [3.63, 3.8) is 0 Å². The minimum atomic E-state index is -2.48. The van der Waals surface area contributed by atoms with Crippen LogP contribution in [0.4, 0.5) is 0 Å². The van der Waals surface area contributed by atoms with Gasteiger partial charge in [-0.3, -0.25) is 14.9 Å². The first-order chi connectivity index (χ1) is 11.9. The Balaban J connectivity index is 2.17. The van der Waals surface area contributed by atoms with E-state index in [1.54, 1.807) is 30.3 Å². The fourth-order valence-electron chi connectivity index (χ4n) is 2.75. The number of benzene rings is 2. The average molecular weight is 364 g/mol. The monoisotopic (exact) mass is 363 g/mol. The van der Waals surface area contributed by atoms with Gasteiger partial charge in [0.1, 0.15) is 5.75 Å². The quantitative estimate of drug-likeness (QED) is 0.358. The van der Waals surface area contributed by atoms with Gasteiger partial charge in [-0.25, -0.2) is 0 Å². The molecule has 1 aliphatic heterocycles. The number of fused-ring (bicyclic) bond motifs is 1. The predicted octanol–water partition coefficient (Wildman–Crippen LogP) is 3.23. The summed E-state index contributed by atoms with van der Waals surface area (Å²) in [5, 5.41) is 11.7. The highest BCUT2D eigenvalue weighted by Gasteiger charge is 2.62. The van der Waals surface area contributed by atoms with E-state index in [2.05, 4.69) is 0 Å². The van der Waals surface area contributed by atoms with Gasteiger partial charge in [-0.05, 0) is 35.9 Å². The van der Waals surface area contributed by atoms with Gasteiger partial charge in [0.25, 0.3) is 5.78 Å². The molecule has 0 aliphatic carbocycles. The molecule has 2 aromatic rings. The molecule has 0 spiro atoms. The molecule has 130 valence electrons. The largest absolute Gasteiger partial charge is 0.493 e. The number of carbonyl (C=O) groups excluding carboxylic acids is 1. The normalized spacial score (nSPS) is 21.9. The lowest BCUT2D eigenvalue weighted by Crippen LogP contribution is -2.51. The highest BCUT2D eigenvalue weighted by molar-refractivity contribution is 6.37. The minimum Gasteiger partial charge on any atom is -0.493 e. The van der Waals surface area contributed by atoms with Crippen LogP contribution in [0.3, 0.4) is 0 Å². The van der Waals surface area contributed by atoms with E-state index in [1.165, 1.54) is 26.4 Å². The lowest BCUT2D eigenvalue weighted by atomic mass is 9.91. The summed E-state index contributed by atoms with van der Waals surface area (Å²) in [4.78, 5) is 21.1. The van der Waals surface area contributed by atoms with Crippen molar-refractivity contribution in [1.29, 1.82) is 0 Å². The molecule has 1 aliphatic rings. The molecule has 0 saturated carbocycles. The van der Waals surface area contributed by atoms with Gasteiger partial charge >= 0.3 is 5.00 Å². The first-order valence-corrected chi connectivity index (χ1v) is 7.67. The van der Waals surface area contributed by atoms with Gasteiger partial charge in [-0.2, -0.15) is 0 Å². The van der Waals surface area contributed by atoms with E-state index in [0.29, 0.717) is 17.1 Å². The third kappa shape index (κ3) is 2.56. The second-order valence-corrected chi connectivity index (χ2v) is 5.94. The third-order valence-electron chi connectivity index (χ3n) is 4.02. The summed E-state index contributed by atoms with van der Waals surface area (Å²) in [6, 6.07) is 10.9. The van der Waals surface area contributed by atoms with E-state index in [0.717, 1.165) is 0 Å². The molecule has 0 aromatic heterocycles. The second-order valence-electron chi connectivity index (χ2n) is 5.37. The van der Waals surface area contributed by atoms with Gasteiger partial charge in [-0.1, -0.05) is 18.2 Å². The maximum atomic E-state index is 12.7. The number of Topliss-reactive ketones (excluding diaryl/α,β-unsaturated/α-hetero) is 1. The van der Waals surface area contributed by atoms with Gasteiger partial charge in [0, 0.05) is 5.56 Å². The Bertz CT molecular complexity index is 855. The molecule has 0 radical (unpaired) electrons. The SMILES string of the molecule is COc1ccc([C@H]2Oc3ccccc3C(=O)[C@]2(Cl)[N+](=O)[O-])cc1OC. The second kappa shape index (κ2) is 6.25. The van der Waals surface area contributed by atoms with Gasteiger partial charge in [0.2, 0.25) is 6.10 Å². The molecule has 2 atom stereocenters. The van der Waals surface area contributed by atoms with Gasteiger partial charge in [0.15, 0.2) is 11.5 Å². The number of nitro groups is 1. The van der Waals surface area contributed by atoms with Crippen LogP contribution < -0.4 is 14.2 Å². The van der Waals surface area contributed by atoms with Gasteiger partial charge in [0.05, 0.1) is 24.7 Å². The van der Waals surface area contributed by atoms with Crippen molar-refractivity contribution in [3.8, 4) is 17.2 Å². The van der Waals surface area contributed by atoms with Crippen molar-refractivity contribution in [2.45, 2.75) is 11.1 Å². The number of ketones is 1. The van der Waals surface area contributed by atoms with Crippen LogP contribution in [0.1, 0.15) is 22.0 Å². The molecule has 8 heteroatoms. The van der Waals surface area contributed by atoms with Crippen LogP contribution in [0.5, 0.6) is 17.2 Å². The summed E-state index contributed by atoms with van der Waals surface area (Å²) < 4.78 is 16.1. The van der Waals surface area contributed by atoms with Crippen LogP contribution >= 0.6 is 11.6 Å². The summed E-state index contributed by atoms with van der Waals surface area (Å²) in [7, 11) is 2.91. The molecule has 0 bridgehead atoms. The Hall–Kier alpha value is -2.80. The maximum absolute atomic E-state index is 12.7. The molecule has 0 amide bonds. The van der Waals surface area contributed by atoms with Crippen molar-refractivity contribution in [1.82, 2.24) is 0 Å². The van der Waals surface area contributed by atoms with Crippen molar-refractivity contribution in [2.75, 3.05) is 14.2 Å². The van der Waals surface area contributed by atoms with Gasteiger partial charge < -0.3 is 14.2 Å². The lowest BCUT2D eigenvalue weighted by Gasteiger charge is -2.32. The van der Waals surface area contributed by atoms with E-state index in [-0.39, 0.29) is 11.3 Å². The smallest absolute Gasteiger partial charge is 0.397 e. The molecule has 25 heavy (non-hydrogen) atoms. The number of hydrogen-bond acceptors (Lipinski definition) is 6. The number of halogens is 1. The summed E-state index contributed by atoms with van der Waals surface area (Å²) >= 11 is 6.21. The molecular weight excluding hydrogens is 350 g/mol. The summed E-state index contributed by atoms with van der Waals surface area (Å²) in [6.07, 6.45) is -1.33. The van der Waals surface area contributed by atoms with Crippen LogP contribution in [0.25, 0.3) is 0 Å².